The highest BCUT2D eigenvalue weighted by atomic mass is 32.2. The van der Waals surface area contributed by atoms with Gasteiger partial charge < -0.3 is 0 Å². The number of hydrogen-bond donors (Lipinski definition) is 1. The summed E-state index contributed by atoms with van der Waals surface area (Å²) in [5, 5.41) is 0. The Bertz CT molecular complexity index is 1350. The number of Topliss-reactive ketones (excluding diaryl/α,β-unsaturated/α-hetero) is 2. The Labute approximate surface area is 198 Å². The minimum Gasteiger partial charge on any atom is -0.300 e. The van der Waals surface area contributed by atoms with E-state index in [1.807, 2.05) is 4.72 Å². The lowest BCUT2D eigenvalue weighted by atomic mass is 9.94. The van der Waals surface area contributed by atoms with Crippen molar-refractivity contribution < 1.29 is 40.8 Å². The number of nitrogens with one attached hydrogen (secondary N) is 1. The van der Waals surface area contributed by atoms with Crippen molar-refractivity contribution in [3.8, 4) is 0 Å². The van der Waals surface area contributed by atoms with Crippen LogP contribution in [0.2, 0.25) is 0 Å². The van der Waals surface area contributed by atoms with E-state index < -0.39 is 44.5 Å². The maximum Gasteiger partial charge on any atom is 0.417 e. The van der Waals surface area contributed by atoms with E-state index in [1.54, 1.807) is 0 Å². The first-order valence-corrected chi connectivity index (χ1v) is 12.1. The van der Waals surface area contributed by atoms with Crippen LogP contribution in [0, 0.1) is 0 Å². The normalized spacial score (nSPS) is 19.4. The number of amides is 2. The van der Waals surface area contributed by atoms with Crippen LogP contribution in [0.1, 0.15) is 58.4 Å². The molecule has 35 heavy (non-hydrogen) atoms. The summed E-state index contributed by atoms with van der Waals surface area (Å²) >= 11 is 0. The third-order valence-electron chi connectivity index (χ3n) is 5.91. The molecular formula is C23H19F3N2O6S. The average Bonchev–Trinajstić information content (AvgIpc) is 3.02. The van der Waals surface area contributed by atoms with Crippen LogP contribution in [0.3, 0.4) is 0 Å². The zero-order valence-electron chi connectivity index (χ0n) is 18.1. The minimum atomic E-state index is -4.92. The molecule has 8 nitrogen and oxygen atoms in total. The highest BCUT2D eigenvalue weighted by Crippen LogP contribution is 2.35. The molecule has 1 saturated carbocycles. The zero-order chi connectivity index (χ0) is 25.5. The van der Waals surface area contributed by atoms with Crippen molar-refractivity contribution in [1.82, 2.24) is 4.90 Å². The molecule has 1 aliphatic carbocycles. The first-order chi connectivity index (χ1) is 16.4. The topological polar surface area (TPSA) is 118 Å². The van der Waals surface area contributed by atoms with Gasteiger partial charge in [0.05, 0.1) is 27.6 Å². The molecule has 1 heterocycles. The van der Waals surface area contributed by atoms with E-state index in [1.165, 1.54) is 6.07 Å². The summed E-state index contributed by atoms with van der Waals surface area (Å²) in [5.41, 5.74) is -1.86. The molecule has 4 rings (SSSR count). The van der Waals surface area contributed by atoms with Gasteiger partial charge in [-0.2, -0.15) is 13.2 Å². The van der Waals surface area contributed by atoms with Gasteiger partial charge in [-0.15, -0.1) is 0 Å². The molecule has 1 unspecified atom stereocenters. The Hall–Kier alpha value is -3.54. The van der Waals surface area contributed by atoms with E-state index in [9.17, 15) is 40.8 Å². The van der Waals surface area contributed by atoms with Gasteiger partial charge in [0.2, 0.25) is 0 Å². The van der Waals surface area contributed by atoms with Crippen LogP contribution in [0.5, 0.6) is 0 Å². The van der Waals surface area contributed by atoms with Crippen molar-refractivity contribution in [3.63, 3.8) is 0 Å². The number of carbonyl (C=O) groups excluding carboxylic acids is 4. The number of carbonyl (C=O) groups is 4. The second kappa shape index (κ2) is 8.91. The van der Waals surface area contributed by atoms with Crippen LogP contribution < -0.4 is 4.72 Å². The van der Waals surface area contributed by atoms with E-state index in [0.29, 0.717) is 12.5 Å². The molecule has 0 spiro atoms. The Morgan fingerprint density at radius 1 is 0.886 bits per heavy atom. The van der Waals surface area contributed by atoms with Gasteiger partial charge in [0.1, 0.15) is 5.78 Å². The van der Waals surface area contributed by atoms with Gasteiger partial charge in [0.15, 0.2) is 5.78 Å². The fourth-order valence-corrected chi connectivity index (χ4v) is 5.51. The summed E-state index contributed by atoms with van der Waals surface area (Å²) in [6, 6.07) is 5.87. The largest absolute Gasteiger partial charge is 0.417 e. The highest BCUT2D eigenvalue weighted by molar-refractivity contribution is 7.92. The number of hydrogen-bond acceptors (Lipinski definition) is 6. The lowest BCUT2D eigenvalue weighted by Crippen LogP contribution is -2.45. The molecule has 1 N–H and O–H groups in total. The van der Waals surface area contributed by atoms with Gasteiger partial charge in [-0.05, 0) is 43.2 Å². The number of sulfonamides is 1. The quantitative estimate of drug-likeness (QED) is 0.631. The number of rotatable bonds is 4. The number of alkyl halides is 3. The number of nitrogens with zero attached hydrogens (tertiary/aromatic N) is 1. The van der Waals surface area contributed by atoms with E-state index in [4.69, 9.17) is 0 Å². The maximum absolute atomic E-state index is 13.3. The fraction of sp³-hybridized carbons (Fsp3) is 0.304. The molecule has 2 aromatic rings. The third-order valence-corrected chi connectivity index (χ3v) is 7.35. The number of halogens is 3. The third kappa shape index (κ3) is 4.70. The standard InChI is InChI=1S/C23H19F3N2O6S/c24-23(25,26)17-5-1-2-7-20(17)35(33,34)27-13-8-10-15-16(12-13)22(32)28(21(15)31)18-11-9-14(29)4-3-6-19(18)30/h1-2,5,7-8,10,12,18,27H,3-4,6,9,11H2. The first-order valence-electron chi connectivity index (χ1n) is 10.7. The Morgan fingerprint density at radius 2 is 1.57 bits per heavy atom. The Balaban J connectivity index is 1.64. The molecule has 0 aromatic heterocycles. The minimum absolute atomic E-state index is 0.00313. The van der Waals surface area contributed by atoms with Gasteiger partial charge in [-0.25, -0.2) is 8.42 Å². The SMILES string of the molecule is O=C1CCCC(=O)C(N2C(=O)c3ccc(NS(=O)(=O)c4ccccc4C(F)(F)F)cc3C2=O)CC1. The molecule has 12 heteroatoms. The molecule has 0 bridgehead atoms. The molecule has 1 atom stereocenters. The van der Waals surface area contributed by atoms with Crippen LogP contribution in [-0.2, 0) is 25.8 Å². The average molecular weight is 508 g/mol. The molecule has 2 aliphatic rings. The smallest absolute Gasteiger partial charge is 0.300 e. The summed E-state index contributed by atoms with van der Waals surface area (Å²) in [6.07, 6.45) is -4.28. The number of imide groups is 1. The molecule has 0 radical (unpaired) electrons. The van der Waals surface area contributed by atoms with Crippen molar-refractivity contribution in [3.05, 3.63) is 59.2 Å². The number of fused-ring (bicyclic) bond motifs is 1. The number of benzene rings is 2. The van der Waals surface area contributed by atoms with E-state index in [0.717, 1.165) is 35.2 Å². The molecule has 1 aliphatic heterocycles. The van der Waals surface area contributed by atoms with Crippen LogP contribution in [0.4, 0.5) is 18.9 Å². The van der Waals surface area contributed by atoms with Gasteiger partial charge in [-0.3, -0.25) is 28.8 Å². The summed E-state index contributed by atoms with van der Waals surface area (Å²) in [7, 11) is -4.70. The molecule has 2 aromatic carbocycles. The van der Waals surface area contributed by atoms with Crippen molar-refractivity contribution in [1.29, 1.82) is 0 Å². The van der Waals surface area contributed by atoms with Crippen LogP contribution in [0.15, 0.2) is 47.4 Å². The lowest BCUT2D eigenvalue weighted by molar-refractivity contribution is -0.139. The zero-order valence-corrected chi connectivity index (χ0v) is 18.9. The van der Waals surface area contributed by atoms with Gasteiger partial charge in [0, 0.05) is 24.9 Å². The lowest BCUT2D eigenvalue weighted by Gasteiger charge is -2.26. The van der Waals surface area contributed by atoms with Gasteiger partial charge in [0.25, 0.3) is 21.8 Å². The number of anilines is 1. The van der Waals surface area contributed by atoms with Crippen LogP contribution in [0.25, 0.3) is 0 Å². The summed E-state index contributed by atoms with van der Waals surface area (Å²) in [4.78, 5) is 50.2. The van der Waals surface area contributed by atoms with Crippen molar-refractivity contribution in [2.45, 2.75) is 49.2 Å². The van der Waals surface area contributed by atoms with E-state index in [-0.39, 0.29) is 54.1 Å². The monoisotopic (exact) mass is 508 g/mol. The molecule has 0 saturated heterocycles. The number of ketones is 2. The van der Waals surface area contributed by atoms with Crippen LogP contribution in [-0.4, -0.2) is 42.7 Å². The fourth-order valence-electron chi connectivity index (χ4n) is 4.23. The van der Waals surface area contributed by atoms with Gasteiger partial charge >= 0.3 is 6.18 Å². The summed E-state index contributed by atoms with van der Waals surface area (Å²) in [6.45, 7) is 0. The second-order valence-corrected chi connectivity index (χ2v) is 9.90. The van der Waals surface area contributed by atoms with Crippen molar-refractivity contribution in [2.24, 2.45) is 0 Å². The predicted octanol–water partition coefficient (Wildman–Crippen LogP) is 3.57. The summed E-state index contributed by atoms with van der Waals surface area (Å²) in [5.74, 6) is -2.02. The van der Waals surface area contributed by atoms with Gasteiger partial charge in [-0.1, -0.05) is 12.1 Å². The summed E-state index contributed by atoms with van der Waals surface area (Å²) < 4.78 is 67.3. The second-order valence-electron chi connectivity index (χ2n) is 8.25. The van der Waals surface area contributed by atoms with Crippen molar-refractivity contribution in [2.75, 3.05) is 4.72 Å². The maximum atomic E-state index is 13.3. The predicted molar refractivity (Wildman–Crippen MR) is 116 cm³/mol. The highest BCUT2D eigenvalue weighted by Gasteiger charge is 2.43. The molecule has 2 amide bonds. The first kappa shape index (κ1) is 24.6. The molecular weight excluding hydrogens is 489 g/mol. The van der Waals surface area contributed by atoms with Crippen molar-refractivity contribution >= 4 is 39.1 Å². The molecule has 1 fully saturated rings. The van der Waals surface area contributed by atoms with E-state index >= 15 is 0 Å². The Kier molecular flexibility index (Phi) is 6.26. The van der Waals surface area contributed by atoms with Crippen LogP contribution >= 0.6 is 0 Å². The Morgan fingerprint density at radius 3 is 2.29 bits per heavy atom. The molecule has 184 valence electrons. The van der Waals surface area contributed by atoms with E-state index in [2.05, 4.69) is 0 Å².